The molecule has 0 heterocycles. The molecule has 0 aliphatic heterocycles. The highest BCUT2D eigenvalue weighted by Gasteiger charge is 2.28. The van der Waals surface area contributed by atoms with Gasteiger partial charge in [0, 0.05) is 6.54 Å². The molecule has 6 heteroatoms. The molecule has 1 aromatic carbocycles. The number of aliphatic hydroxyl groups excluding tert-OH is 2. The zero-order chi connectivity index (χ0) is 15.0. The van der Waals surface area contributed by atoms with Crippen LogP contribution in [0.2, 0.25) is 0 Å². The van der Waals surface area contributed by atoms with Crippen molar-refractivity contribution in [2.24, 2.45) is 10.9 Å². The first-order valence-corrected chi connectivity index (χ1v) is 6.61. The highest BCUT2D eigenvalue weighted by molar-refractivity contribution is 5.87. The minimum Gasteiger partial charge on any atom is -0.409 e. The minimum atomic E-state index is -0.761. The third kappa shape index (κ3) is 3.93. The highest BCUT2D eigenvalue weighted by atomic mass is 16.4. The molecule has 0 aromatic heterocycles. The van der Waals surface area contributed by atoms with Crippen molar-refractivity contribution < 1.29 is 15.4 Å². The number of rotatable bonds is 8. The van der Waals surface area contributed by atoms with Gasteiger partial charge in [-0.15, -0.1) is 0 Å². The van der Waals surface area contributed by atoms with Gasteiger partial charge in [-0.1, -0.05) is 42.4 Å². The summed E-state index contributed by atoms with van der Waals surface area (Å²) in [6.45, 7) is 1.87. The molecule has 6 N–H and O–H groups in total. The van der Waals surface area contributed by atoms with Gasteiger partial charge in [-0.25, -0.2) is 0 Å². The fourth-order valence-electron chi connectivity index (χ4n) is 1.98. The van der Waals surface area contributed by atoms with E-state index < -0.39 is 5.54 Å². The smallest absolute Gasteiger partial charge is 0.147 e. The van der Waals surface area contributed by atoms with Crippen LogP contribution in [0.4, 0.5) is 0 Å². The molecule has 0 aliphatic rings. The molecule has 1 atom stereocenters. The van der Waals surface area contributed by atoms with E-state index in [1.54, 1.807) is 0 Å². The maximum absolute atomic E-state index is 9.42. The Morgan fingerprint density at radius 2 is 1.90 bits per heavy atom. The average Bonchev–Trinajstić information content (AvgIpc) is 2.52. The number of hydrogen-bond acceptors (Lipinski definition) is 5. The second-order valence-corrected chi connectivity index (χ2v) is 4.82. The van der Waals surface area contributed by atoms with E-state index in [-0.39, 0.29) is 25.0 Å². The van der Waals surface area contributed by atoms with Crippen molar-refractivity contribution >= 4 is 5.84 Å². The van der Waals surface area contributed by atoms with Crippen LogP contribution in [0.5, 0.6) is 0 Å². The lowest BCUT2D eigenvalue weighted by molar-refractivity contribution is 0.0877. The van der Waals surface area contributed by atoms with E-state index in [0.717, 1.165) is 5.56 Å². The van der Waals surface area contributed by atoms with Crippen LogP contribution in [-0.4, -0.2) is 46.6 Å². The number of nitrogens with zero attached hydrogens (tertiary/aromatic N) is 1. The summed E-state index contributed by atoms with van der Waals surface area (Å²) < 4.78 is 0. The van der Waals surface area contributed by atoms with Gasteiger partial charge in [0.2, 0.25) is 0 Å². The van der Waals surface area contributed by atoms with E-state index in [1.165, 1.54) is 0 Å². The zero-order valence-corrected chi connectivity index (χ0v) is 11.7. The molecule has 6 nitrogen and oxygen atoms in total. The van der Waals surface area contributed by atoms with E-state index in [2.05, 4.69) is 10.5 Å². The minimum absolute atomic E-state index is 0.0876. The van der Waals surface area contributed by atoms with Crippen molar-refractivity contribution in [3.05, 3.63) is 35.9 Å². The summed E-state index contributed by atoms with van der Waals surface area (Å²) >= 11 is 0. The van der Waals surface area contributed by atoms with Crippen LogP contribution >= 0.6 is 0 Å². The van der Waals surface area contributed by atoms with Crippen LogP contribution in [0.15, 0.2) is 35.5 Å². The fourth-order valence-corrected chi connectivity index (χ4v) is 1.98. The Morgan fingerprint density at radius 3 is 2.35 bits per heavy atom. The number of nitrogens with two attached hydrogens (primary N) is 1. The van der Waals surface area contributed by atoms with Crippen molar-refractivity contribution in [3.8, 4) is 0 Å². The first-order valence-electron chi connectivity index (χ1n) is 6.61. The maximum Gasteiger partial charge on any atom is 0.147 e. The second kappa shape index (κ2) is 7.84. The Bertz CT molecular complexity index is 411. The molecule has 0 radical (unpaired) electrons. The molecule has 0 saturated heterocycles. The van der Waals surface area contributed by atoms with Crippen molar-refractivity contribution in [2.45, 2.75) is 24.8 Å². The predicted molar refractivity (Wildman–Crippen MR) is 77.8 cm³/mol. The van der Waals surface area contributed by atoms with Gasteiger partial charge in [0.15, 0.2) is 0 Å². The zero-order valence-electron chi connectivity index (χ0n) is 11.7. The molecule has 0 bridgehead atoms. The normalized spacial score (nSPS) is 14.2. The van der Waals surface area contributed by atoms with Crippen molar-refractivity contribution in [2.75, 3.05) is 19.8 Å². The molecule has 112 valence electrons. The van der Waals surface area contributed by atoms with Crippen molar-refractivity contribution in [1.82, 2.24) is 5.32 Å². The molecule has 1 aromatic rings. The van der Waals surface area contributed by atoms with E-state index in [9.17, 15) is 10.2 Å². The van der Waals surface area contributed by atoms with Gasteiger partial charge in [0.05, 0.1) is 24.7 Å². The lowest BCUT2D eigenvalue weighted by atomic mass is 9.94. The van der Waals surface area contributed by atoms with Gasteiger partial charge in [0.1, 0.15) is 5.84 Å². The summed E-state index contributed by atoms with van der Waals surface area (Å²) in [5.41, 5.74) is 5.88. The number of aliphatic hydroxyl groups is 2. The summed E-state index contributed by atoms with van der Waals surface area (Å²) in [5.74, 6) is -0.241. The van der Waals surface area contributed by atoms with E-state index in [4.69, 9.17) is 10.9 Å². The lowest BCUT2D eigenvalue weighted by Crippen LogP contribution is -2.53. The first kappa shape index (κ1) is 16.4. The van der Waals surface area contributed by atoms with Crippen LogP contribution in [0.25, 0.3) is 0 Å². The average molecular weight is 281 g/mol. The predicted octanol–water partition coefficient (Wildman–Crippen LogP) is 0.240. The van der Waals surface area contributed by atoms with Crippen LogP contribution < -0.4 is 11.1 Å². The van der Waals surface area contributed by atoms with Crippen molar-refractivity contribution in [3.63, 3.8) is 0 Å². The third-order valence-corrected chi connectivity index (χ3v) is 3.64. The third-order valence-electron chi connectivity index (χ3n) is 3.64. The molecule has 1 unspecified atom stereocenters. The molecule has 0 spiro atoms. The lowest BCUT2D eigenvalue weighted by Gasteiger charge is -2.31. The highest BCUT2D eigenvalue weighted by Crippen LogP contribution is 2.17. The summed E-state index contributed by atoms with van der Waals surface area (Å²) in [4.78, 5) is 0. The van der Waals surface area contributed by atoms with Gasteiger partial charge in [-0.2, -0.15) is 0 Å². The topological polar surface area (TPSA) is 111 Å². The van der Waals surface area contributed by atoms with Gasteiger partial charge in [0.25, 0.3) is 0 Å². The molecule has 1 rings (SSSR count). The van der Waals surface area contributed by atoms with Crippen LogP contribution in [0.3, 0.4) is 0 Å². The maximum atomic E-state index is 9.42. The number of oxime groups is 1. The van der Waals surface area contributed by atoms with Gasteiger partial charge < -0.3 is 26.5 Å². The Morgan fingerprint density at radius 1 is 1.30 bits per heavy atom. The van der Waals surface area contributed by atoms with E-state index in [1.807, 2.05) is 37.3 Å². The molecular weight excluding hydrogens is 258 g/mol. The summed E-state index contributed by atoms with van der Waals surface area (Å²) in [7, 11) is 0. The molecule has 20 heavy (non-hydrogen) atoms. The monoisotopic (exact) mass is 281 g/mol. The van der Waals surface area contributed by atoms with Gasteiger partial charge in [-0.3, -0.25) is 0 Å². The molecule has 0 saturated carbocycles. The standard InChI is InChI=1S/C14H23N3O3/c1-2-14(9-18,10-19)16-8-12(13(15)17-20)11-6-4-3-5-7-11/h3-7,12,16,18-20H,2,8-10H2,1H3,(H2,15,17). The molecule has 0 amide bonds. The van der Waals surface area contributed by atoms with Gasteiger partial charge in [-0.05, 0) is 12.0 Å². The molecule has 0 fully saturated rings. The van der Waals surface area contributed by atoms with Crippen LogP contribution in [0.1, 0.15) is 24.8 Å². The fraction of sp³-hybridized carbons (Fsp3) is 0.500. The summed E-state index contributed by atoms with van der Waals surface area (Å²) in [6, 6.07) is 9.40. The number of benzene rings is 1. The number of hydrogen-bond donors (Lipinski definition) is 5. The number of nitrogens with one attached hydrogen (secondary N) is 1. The summed E-state index contributed by atoms with van der Waals surface area (Å²) in [5, 5.41) is 33.9. The largest absolute Gasteiger partial charge is 0.409 e. The second-order valence-electron chi connectivity index (χ2n) is 4.82. The Balaban J connectivity index is 2.87. The van der Waals surface area contributed by atoms with Gasteiger partial charge >= 0.3 is 0 Å². The Labute approximate surface area is 118 Å². The van der Waals surface area contributed by atoms with E-state index >= 15 is 0 Å². The van der Waals surface area contributed by atoms with Crippen LogP contribution in [-0.2, 0) is 0 Å². The van der Waals surface area contributed by atoms with Crippen molar-refractivity contribution in [1.29, 1.82) is 0 Å². The Kier molecular flexibility index (Phi) is 6.44. The molecular formula is C14H23N3O3. The molecule has 0 aliphatic carbocycles. The first-order chi connectivity index (χ1) is 9.62. The summed E-state index contributed by atoms with van der Waals surface area (Å²) in [6.07, 6.45) is 0.567. The number of amidine groups is 1. The van der Waals surface area contributed by atoms with Crippen LogP contribution in [0, 0.1) is 0 Å². The van der Waals surface area contributed by atoms with E-state index in [0.29, 0.717) is 13.0 Å². The quantitative estimate of drug-likeness (QED) is 0.203. The SMILES string of the molecule is CCC(CO)(CO)NCC(/C(N)=N/O)c1ccccc1. The Hall–Kier alpha value is -1.63.